The van der Waals surface area contributed by atoms with E-state index in [1.807, 2.05) is 0 Å². The molecule has 1 aromatic carbocycles. The van der Waals surface area contributed by atoms with Gasteiger partial charge in [0.1, 0.15) is 6.54 Å². The second-order valence-corrected chi connectivity index (χ2v) is 3.25. The highest BCUT2D eigenvalue weighted by molar-refractivity contribution is 5.99. The second kappa shape index (κ2) is 4.09. The normalized spacial score (nSPS) is 15.2. The third-order valence-corrected chi connectivity index (χ3v) is 2.09. The average molecular weight is 220 g/mol. The Morgan fingerprint density at radius 3 is 2.50 bits per heavy atom. The number of aliphatic imine (C=N–C) groups is 1. The van der Waals surface area contributed by atoms with E-state index in [0.29, 0.717) is 11.5 Å². The number of hydrogen-bond acceptors (Lipinski definition) is 5. The first-order valence-electron chi connectivity index (χ1n) is 4.60. The van der Waals surface area contributed by atoms with Gasteiger partial charge in [-0.15, -0.1) is 0 Å². The summed E-state index contributed by atoms with van der Waals surface area (Å²) in [7, 11) is 0. The van der Waals surface area contributed by atoms with Crippen LogP contribution in [0.25, 0.3) is 0 Å². The van der Waals surface area contributed by atoms with E-state index in [2.05, 4.69) is 4.99 Å². The largest absolute Gasteiger partial charge is 0.469 e. The second-order valence-electron chi connectivity index (χ2n) is 3.25. The van der Waals surface area contributed by atoms with Gasteiger partial charge < -0.3 is 4.74 Å². The Balaban J connectivity index is 2.22. The minimum absolute atomic E-state index is 0.00974. The van der Waals surface area contributed by atoms with Crippen molar-refractivity contribution in [3.05, 3.63) is 39.9 Å². The lowest BCUT2D eigenvalue weighted by molar-refractivity contribution is -0.384. The number of carbonyl (C=O) groups is 1. The van der Waals surface area contributed by atoms with Crippen molar-refractivity contribution in [2.24, 2.45) is 4.99 Å². The van der Waals surface area contributed by atoms with Crippen LogP contribution in [0.1, 0.15) is 5.56 Å². The van der Waals surface area contributed by atoms with Crippen molar-refractivity contribution < 1.29 is 14.5 Å². The van der Waals surface area contributed by atoms with Crippen LogP contribution in [0, 0.1) is 10.1 Å². The van der Waals surface area contributed by atoms with Crippen LogP contribution in [-0.2, 0) is 9.53 Å². The molecule has 1 heterocycles. The molecular formula is C10H8N2O4. The Morgan fingerprint density at radius 2 is 2.00 bits per heavy atom. The maximum absolute atomic E-state index is 10.9. The minimum atomic E-state index is -0.475. The molecule has 0 atom stereocenters. The highest BCUT2D eigenvalue weighted by atomic mass is 16.6. The van der Waals surface area contributed by atoms with Crippen LogP contribution in [0.5, 0.6) is 0 Å². The summed E-state index contributed by atoms with van der Waals surface area (Å²) in [5, 5.41) is 10.4. The fraction of sp³-hybridized carbons (Fsp3) is 0.200. The van der Waals surface area contributed by atoms with E-state index in [9.17, 15) is 14.9 Å². The Hall–Kier alpha value is -2.24. The lowest BCUT2D eigenvalue weighted by Gasteiger charge is -2.12. The van der Waals surface area contributed by atoms with Crippen LogP contribution in [0.2, 0.25) is 0 Å². The van der Waals surface area contributed by atoms with Crippen molar-refractivity contribution in [2.75, 3.05) is 13.2 Å². The van der Waals surface area contributed by atoms with Gasteiger partial charge in [0.25, 0.3) is 5.69 Å². The number of ketones is 1. The van der Waals surface area contributed by atoms with E-state index in [0.717, 1.165) is 0 Å². The van der Waals surface area contributed by atoms with Crippen molar-refractivity contribution in [3.63, 3.8) is 0 Å². The molecule has 0 saturated heterocycles. The van der Waals surface area contributed by atoms with E-state index < -0.39 is 4.92 Å². The Kier molecular flexibility index (Phi) is 2.63. The Morgan fingerprint density at radius 1 is 1.31 bits per heavy atom. The average Bonchev–Trinajstić information content (AvgIpc) is 2.30. The highest BCUT2D eigenvalue weighted by Crippen LogP contribution is 2.14. The number of benzene rings is 1. The topological polar surface area (TPSA) is 81.8 Å². The summed E-state index contributed by atoms with van der Waals surface area (Å²) in [4.78, 5) is 24.7. The minimum Gasteiger partial charge on any atom is -0.469 e. The molecule has 16 heavy (non-hydrogen) atoms. The fourth-order valence-electron chi connectivity index (χ4n) is 1.30. The predicted octanol–water partition coefficient (Wildman–Crippen LogP) is 0.941. The summed E-state index contributed by atoms with van der Waals surface area (Å²) in [5.41, 5.74) is 0.648. The summed E-state index contributed by atoms with van der Waals surface area (Å²) in [6, 6.07) is 5.84. The van der Waals surface area contributed by atoms with Gasteiger partial charge in [-0.2, -0.15) is 0 Å². The van der Waals surface area contributed by atoms with Crippen molar-refractivity contribution in [2.45, 2.75) is 0 Å². The molecule has 0 N–H and O–H groups in total. The zero-order valence-corrected chi connectivity index (χ0v) is 8.25. The fourth-order valence-corrected chi connectivity index (χ4v) is 1.30. The van der Waals surface area contributed by atoms with Crippen molar-refractivity contribution in [3.8, 4) is 0 Å². The van der Waals surface area contributed by atoms with E-state index >= 15 is 0 Å². The number of nitro benzene ring substituents is 1. The van der Waals surface area contributed by atoms with Crippen LogP contribution in [0.15, 0.2) is 29.3 Å². The zero-order chi connectivity index (χ0) is 11.5. The first-order valence-corrected chi connectivity index (χ1v) is 4.60. The third-order valence-electron chi connectivity index (χ3n) is 2.09. The van der Waals surface area contributed by atoms with Crippen LogP contribution in [0.4, 0.5) is 5.69 Å². The Labute approximate surface area is 90.7 Å². The Bertz CT molecular complexity index is 464. The molecule has 0 spiro atoms. The lowest BCUT2D eigenvalue weighted by Crippen LogP contribution is -2.23. The number of ether oxygens (including phenoxy) is 1. The van der Waals surface area contributed by atoms with Crippen molar-refractivity contribution >= 4 is 17.4 Å². The van der Waals surface area contributed by atoms with Crippen LogP contribution < -0.4 is 0 Å². The molecule has 0 aromatic heterocycles. The molecule has 6 nitrogen and oxygen atoms in total. The molecule has 0 radical (unpaired) electrons. The van der Waals surface area contributed by atoms with Gasteiger partial charge in [0, 0.05) is 17.7 Å². The van der Waals surface area contributed by atoms with Gasteiger partial charge in [0.2, 0.25) is 5.90 Å². The van der Waals surface area contributed by atoms with E-state index in [-0.39, 0.29) is 24.6 Å². The molecule has 0 fully saturated rings. The zero-order valence-electron chi connectivity index (χ0n) is 8.25. The molecule has 6 heteroatoms. The number of nitrogens with zero attached hydrogens (tertiary/aromatic N) is 2. The van der Waals surface area contributed by atoms with E-state index in [4.69, 9.17) is 4.74 Å². The molecule has 2 rings (SSSR count). The van der Waals surface area contributed by atoms with Gasteiger partial charge in [-0.05, 0) is 12.1 Å². The first kappa shape index (κ1) is 10.3. The van der Waals surface area contributed by atoms with Crippen LogP contribution in [-0.4, -0.2) is 29.8 Å². The monoisotopic (exact) mass is 220 g/mol. The number of nitro groups is 1. The molecule has 0 unspecified atom stereocenters. The lowest BCUT2D eigenvalue weighted by atomic mass is 10.2. The van der Waals surface area contributed by atoms with Gasteiger partial charge in [0.15, 0.2) is 12.4 Å². The third kappa shape index (κ3) is 2.05. The maximum Gasteiger partial charge on any atom is 0.269 e. The molecule has 82 valence electrons. The van der Waals surface area contributed by atoms with Gasteiger partial charge in [0.05, 0.1) is 4.92 Å². The number of Topliss-reactive ketones (excluding diaryl/α,β-unsaturated/α-hetero) is 1. The van der Waals surface area contributed by atoms with E-state index in [1.165, 1.54) is 12.1 Å². The summed E-state index contributed by atoms with van der Waals surface area (Å²) in [6.45, 7) is 0.113. The molecule has 1 aliphatic heterocycles. The predicted molar refractivity (Wildman–Crippen MR) is 55.5 cm³/mol. The molecule has 0 amide bonds. The summed E-state index contributed by atoms with van der Waals surface area (Å²) >= 11 is 0. The standard InChI is InChI=1S/C10H8N2O4/c13-9-5-11-10(16-6-9)7-1-3-8(4-2-7)12(14)15/h1-4H,5-6H2. The van der Waals surface area contributed by atoms with Gasteiger partial charge >= 0.3 is 0 Å². The molecule has 0 bridgehead atoms. The first-order chi connectivity index (χ1) is 7.66. The van der Waals surface area contributed by atoms with Gasteiger partial charge in [-0.3, -0.25) is 14.9 Å². The quantitative estimate of drug-likeness (QED) is 0.548. The molecule has 0 aliphatic carbocycles. The highest BCUT2D eigenvalue weighted by Gasteiger charge is 2.15. The smallest absolute Gasteiger partial charge is 0.269 e. The SMILES string of the molecule is O=C1CN=C(c2ccc([N+](=O)[O-])cc2)OC1. The van der Waals surface area contributed by atoms with Gasteiger partial charge in [-0.1, -0.05) is 0 Å². The van der Waals surface area contributed by atoms with E-state index in [1.54, 1.807) is 12.1 Å². The van der Waals surface area contributed by atoms with Crippen molar-refractivity contribution in [1.82, 2.24) is 0 Å². The number of rotatable bonds is 2. The number of non-ortho nitro benzene ring substituents is 1. The van der Waals surface area contributed by atoms with Crippen molar-refractivity contribution in [1.29, 1.82) is 0 Å². The maximum atomic E-state index is 10.9. The summed E-state index contributed by atoms with van der Waals surface area (Å²) in [5.74, 6) is 0.278. The van der Waals surface area contributed by atoms with Gasteiger partial charge in [-0.25, -0.2) is 4.99 Å². The van der Waals surface area contributed by atoms with Crippen LogP contribution in [0.3, 0.4) is 0 Å². The summed E-state index contributed by atoms with van der Waals surface area (Å²) < 4.78 is 5.11. The number of carbonyl (C=O) groups excluding carboxylic acids is 1. The molecule has 1 aromatic rings. The summed E-state index contributed by atoms with van der Waals surface area (Å²) in [6.07, 6.45) is 0. The molecule has 0 saturated carbocycles. The molecular weight excluding hydrogens is 212 g/mol. The number of hydrogen-bond donors (Lipinski definition) is 0. The van der Waals surface area contributed by atoms with Crippen LogP contribution >= 0.6 is 0 Å². The molecule has 1 aliphatic rings.